The minimum absolute atomic E-state index is 0.150. The molecule has 2 rings (SSSR count). The van der Waals surface area contributed by atoms with Crippen LogP contribution in [0.15, 0.2) is 0 Å². The highest BCUT2D eigenvalue weighted by atomic mass is 127. The van der Waals surface area contributed by atoms with Crippen molar-refractivity contribution in [3.05, 3.63) is 0 Å². The molecule has 2 bridgehead atoms. The van der Waals surface area contributed by atoms with E-state index in [0.29, 0.717) is 0 Å². The van der Waals surface area contributed by atoms with Gasteiger partial charge in [-0.2, -0.15) is 0 Å². The highest BCUT2D eigenvalue weighted by Gasteiger charge is 2.42. The van der Waals surface area contributed by atoms with Crippen LogP contribution in [0, 0.1) is 0 Å². The van der Waals surface area contributed by atoms with Gasteiger partial charge >= 0.3 is 6.09 Å². The van der Waals surface area contributed by atoms with Crippen LogP contribution in [0.2, 0.25) is 0 Å². The van der Waals surface area contributed by atoms with Crippen molar-refractivity contribution >= 4 is 39.9 Å². The first-order valence-corrected chi connectivity index (χ1v) is 10.9. The zero-order valence-corrected chi connectivity index (χ0v) is 15.0. The number of carbonyl (C=O) groups is 1. The van der Waals surface area contributed by atoms with Gasteiger partial charge in [-0.05, 0) is 67.5 Å². The van der Waals surface area contributed by atoms with Crippen molar-refractivity contribution in [2.24, 2.45) is 0 Å². The molecule has 110 valence electrons. The molecule has 3 atom stereocenters. The van der Waals surface area contributed by atoms with E-state index in [1.165, 1.54) is 11.4 Å². The molecule has 1 amide bonds. The predicted octanol–water partition coefficient (Wildman–Crippen LogP) is 3.13. The number of amides is 1. The molecule has 0 saturated carbocycles. The molecule has 0 aliphatic carbocycles. The molecule has 2 aliphatic rings. The third-order valence-electron chi connectivity index (χ3n) is 3.47. The van der Waals surface area contributed by atoms with Gasteiger partial charge in [0.05, 0.1) is 6.04 Å². The van der Waals surface area contributed by atoms with E-state index >= 15 is 0 Å². The van der Waals surface area contributed by atoms with Crippen molar-refractivity contribution in [1.29, 1.82) is 0 Å². The van der Waals surface area contributed by atoms with Crippen molar-refractivity contribution in [1.82, 2.24) is 10.2 Å². The highest BCUT2D eigenvalue weighted by molar-refractivity contribution is 14.2. The molecule has 19 heavy (non-hydrogen) atoms. The zero-order chi connectivity index (χ0) is 14.2. The lowest BCUT2D eigenvalue weighted by atomic mass is 9.93. The van der Waals surface area contributed by atoms with Crippen LogP contribution in [0.1, 0.15) is 40.0 Å². The van der Waals surface area contributed by atoms with Crippen LogP contribution in [0.4, 0.5) is 4.79 Å². The maximum absolute atomic E-state index is 12.5. The molecule has 2 heterocycles. The molecule has 2 aliphatic heterocycles. The molecule has 2 saturated heterocycles. The summed E-state index contributed by atoms with van der Waals surface area (Å²) < 4.78 is 5.59. The number of piperidine rings is 1. The maximum Gasteiger partial charge on any atom is 0.411 e. The Morgan fingerprint density at radius 2 is 2.16 bits per heavy atom. The fourth-order valence-corrected chi connectivity index (χ4v) is 4.99. The van der Waals surface area contributed by atoms with Crippen molar-refractivity contribution in [3.63, 3.8) is 0 Å². The molecule has 0 aromatic rings. The van der Waals surface area contributed by atoms with E-state index in [2.05, 4.69) is 32.8 Å². The Labute approximate surface area is 130 Å². The van der Waals surface area contributed by atoms with Gasteiger partial charge in [-0.3, -0.25) is 10.2 Å². The Bertz CT molecular complexity index is 402. The largest absolute Gasteiger partial charge is 0.444 e. The molecule has 0 radical (unpaired) electrons. The summed E-state index contributed by atoms with van der Waals surface area (Å²) in [5, 5.41) is 3.54. The van der Waals surface area contributed by atoms with Crippen LogP contribution >= 0.6 is 28.9 Å². The average molecular weight is 398 g/mol. The van der Waals surface area contributed by atoms with Gasteiger partial charge in [-0.1, -0.05) is 0 Å². The van der Waals surface area contributed by atoms with Gasteiger partial charge in [0.25, 0.3) is 0 Å². The number of fused-ring (bicyclic) bond motifs is 2. The summed E-state index contributed by atoms with van der Waals surface area (Å²) in [5.74, 6) is 0. The molecule has 4 nitrogen and oxygen atoms in total. The fraction of sp³-hybridized carbons (Fsp3) is 0.846. The Balaban J connectivity index is 2.22. The van der Waals surface area contributed by atoms with Gasteiger partial charge in [0.1, 0.15) is 5.60 Å². The number of nitrogens with zero attached hydrogens (tertiary/aromatic N) is 1. The van der Waals surface area contributed by atoms with E-state index in [9.17, 15) is 4.79 Å². The SMILES string of the molecule is C/S(I)=C1/NCC2CCCC1N2C(=O)OC(C)(C)C. The van der Waals surface area contributed by atoms with Crippen molar-refractivity contribution in [2.45, 2.75) is 57.7 Å². The van der Waals surface area contributed by atoms with Crippen molar-refractivity contribution < 1.29 is 9.53 Å². The number of hydrogen-bond acceptors (Lipinski definition) is 2. The van der Waals surface area contributed by atoms with E-state index in [0.717, 1.165) is 19.4 Å². The van der Waals surface area contributed by atoms with E-state index in [-0.39, 0.29) is 25.8 Å². The summed E-state index contributed by atoms with van der Waals surface area (Å²) in [4.78, 5) is 15.8. The van der Waals surface area contributed by atoms with Crippen molar-refractivity contribution in [3.8, 4) is 0 Å². The molecule has 0 spiro atoms. The van der Waals surface area contributed by atoms with Gasteiger partial charge in [0.2, 0.25) is 0 Å². The number of nitrogens with one attached hydrogen (secondary N) is 1. The maximum atomic E-state index is 12.5. The van der Waals surface area contributed by atoms with E-state index in [4.69, 9.17) is 4.74 Å². The normalized spacial score (nSPS) is 31.0. The first-order valence-electron chi connectivity index (χ1n) is 6.74. The molecule has 0 aromatic heterocycles. The molecular formula is C13H23IN2O2S. The van der Waals surface area contributed by atoms with Gasteiger partial charge in [-0.25, -0.2) is 4.79 Å². The number of piperazine rings is 1. The summed E-state index contributed by atoms with van der Waals surface area (Å²) >= 11 is 2.44. The van der Waals surface area contributed by atoms with E-state index in [1.807, 2.05) is 25.7 Å². The third kappa shape index (κ3) is 3.64. The standard InChI is InChI=1S/C13H23IN2O2S/c1-13(2,3)18-12(17)16-9-6-5-7-10(16)11(15-8-9)19(4)14/h9-10,15H,5-8H2,1-4H3. The van der Waals surface area contributed by atoms with Crippen LogP contribution in [-0.4, -0.2) is 46.5 Å². The summed E-state index contributed by atoms with van der Waals surface area (Å²) in [6, 6.07) is 0.505. The Morgan fingerprint density at radius 3 is 2.74 bits per heavy atom. The molecule has 6 heteroatoms. The quantitative estimate of drug-likeness (QED) is 0.504. The van der Waals surface area contributed by atoms with Crippen molar-refractivity contribution in [2.75, 3.05) is 12.8 Å². The number of halogens is 1. The Morgan fingerprint density at radius 1 is 1.47 bits per heavy atom. The second-order valence-electron chi connectivity index (χ2n) is 6.17. The lowest BCUT2D eigenvalue weighted by molar-refractivity contribution is 0.000701. The van der Waals surface area contributed by atoms with Gasteiger partial charge in [-0.15, -0.1) is 7.66 Å². The minimum Gasteiger partial charge on any atom is -0.444 e. The smallest absolute Gasteiger partial charge is 0.411 e. The first-order chi connectivity index (χ1) is 8.79. The van der Waals surface area contributed by atoms with Crippen LogP contribution in [0.25, 0.3) is 0 Å². The van der Waals surface area contributed by atoms with Crippen LogP contribution in [-0.2, 0) is 4.74 Å². The number of carbonyl (C=O) groups excluding carboxylic acids is 1. The Hall–Kier alpha value is 0.180. The Kier molecular flexibility index (Phi) is 4.83. The minimum atomic E-state index is -0.422. The number of rotatable bonds is 0. The number of hydrogen-bond donors (Lipinski definition) is 1. The van der Waals surface area contributed by atoms with Gasteiger partial charge in [0, 0.05) is 17.6 Å². The monoisotopic (exact) mass is 398 g/mol. The summed E-state index contributed by atoms with van der Waals surface area (Å²) in [6.07, 6.45) is 5.38. The first kappa shape index (κ1) is 15.6. The predicted molar refractivity (Wildman–Crippen MR) is 90.0 cm³/mol. The summed E-state index contributed by atoms with van der Waals surface area (Å²) in [7, 11) is 0.153. The second kappa shape index (κ2) is 5.89. The molecule has 0 aromatic carbocycles. The average Bonchev–Trinajstić information content (AvgIpc) is 2.25. The molecule has 1 N–H and O–H groups in total. The summed E-state index contributed by atoms with van der Waals surface area (Å²) in [6.45, 7) is 6.65. The molecule has 3 unspecified atom stereocenters. The number of ether oxygens (including phenoxy) is 1. The van der Waals surface area contributed by atoms with Gasteiger partial charge < -0.3 is 4.74 Å². The molecule has 2 fully saturated rings. The van der Waals surface area contributed by atoms with Crippen LogP contribution < -0.4 is 5.32 Å². The third-order valence-corrected chi connectivity index (χ3v) is 5.91. The fourth-order valence-electron chi connectivity index (χ4n) is 2.75. The lowest BCUT2D eigenvalue weighted by Gasteiger charge is -2.47. The zero-order valence-electron chi connectivity index (χ0n) is 12.0. The van der Waals surface area contributed by atoms with Crippen LogP contribution in [0.3, 0.4) is 0 Å². The summed E-state index contributed by atoms with van der Waals surface area (Å²) in [5.41, 5.74) is -0.422. The highest BCUT2D eigenvalue weighted by Crippen LogP contribution is 2.33. The topological polar surface area (TPSA) is 41.6 Å². The van der Waals surface area contributed by atoms with Gasteiger partial charge in [0.15, 0.2) is 0 Å². The second-order valence-corrected chi connectivity index (χ2v) is 11.4. The molecular weight excluding hydrogens is 375 g/mol. The van der Waals surface area contributed by atoms with E-state index < -0.39 is 5.60 Å². The van der Waals surface area contributed by atoms with Crippen LogP contribution in [0.5, 0.6) is 0 Å². The van der Waals surface area contributed by atoms with E-state index in [1.54, 1.807) is 0 Å². The lowest BCUT2D eigenvalue weighted by Crippen LogP contribution is -2.64.